The van der Waals surface area contributed by atoms with Crippen LogP contribution in [0.4, 0.5) is 5.69 Å². The van der Waals surface area contributed by atoms with Gasteiger partial charge in [0, 0.05) is 5.69 Å². The van der Waals surface area contributed by atoms with E-state index in [-0.39, 0.29) is 10.6 Å². The van der Waals surface area contributed by atoms with E-state index in [9.17, 15) is 4.79 Å². The van der Waals surface area contributed by atoms with Crippen molar-refractivity contribution in [3.63, 3.8) is 0 Å². The molecule has 0 atom stereocenters. The topological polar surface area (TPSA) is 62.1 Å². The van der Waals surface area contributed by atoms with Gasteiger partial charge in [0.2, 0.25) is 0 Å². The van der Waals surface area contributed by atoms with Gasteiger partial charge in [0.25, 0.3) is 0 Å². The zero-order valence-electron chi connectivity index (χ0n) is 11.1. The summed E-state index contributed by atoms with van der Waals surface area (Å²) in [6.07, 6.45) is 0. The van der Waals surface area contributed by atoms with Crippen molar-refractivity contribution in [3.8, 4) is 6.07 Å². The molecule has 0 unspecified atom stereocenters. The Labute approximate surface area is 118 Å². The van der Waals surface area contributed by atoms with Gasteiger partial charge in [-0.1, -0.05) is 18.2 Å². The van der Waals surface area contributed by atoms with Crippen molar-refractivity contribution in [2.24, 2.45) is 0 Å². The number of nitrogens with one attached hydrogen (secondary N) is 1. The van der Waals surface area contributed by atoms with E-state index in [1.807, 2.05) is 24.3 Å². The lowest BCUT2D eigenvalue weighted by atomic mass is 10.2. The lowest BCUT2D eigenvalue weighted by molar-refractivity contribution is -0.149. The Morgan fingerprint density at radius 2 is 1.89 bits per heavy atom. The zero-order chi connectivity index (χ0) is 14.5. The zero-order valence-corrected chi connectivity index (χ0v) is 12.0. The molecule has 1 aromatic rings. The van der Waals surface area contributed by atoms with E-state index in [2.05, 4.69) is 17.9 Å². The highest BCUT2D eigenvalue weighted by Crippen LogP contribution is 2.18. The highest BCUT2D eigenvalue weighted by molar-refractivity contribution is 7.84. The van der Waals surface area contributed by atoms with Crippen LogP contribution in [-0.2, 0) is 9.53 Å². The lowest BCUT2D eigenvalue weighted by Crippen LogP contribution is -2.25. The number of thiol groups is 1. The number of nitrogens with zero attached hydrogens (tertiary/aromatic N) is 1. The Hall–Kier alpha value is -1.93. The van der Waals surface area contributed by atoms with Crippen LogP contribution >= 0.6 is 12.6 Å². The minimum absolute atomic E-state index is 0.151. The molecule has 100 valence electrons. The average Bonchev–Trinajstić information content (AvgIpc) is 2.28. The van der Waals surface area contributed by atoms with E-state index in [1.54, 1.807) is 32.9 Å². The Morgan fingerprint density at radius 1 is 1.32 bits per heavy atom. The molecule has 0 saturated carbocycles. The summed E-state index contributed by atoms with van der Waals surface area (Å²) in [6.45, 7) is 5.22. The molecule has 4 nitrogen and oxygen atoms in total. The highest BCUT2D eigenvalue weighted by atomic mass is 32.1. The molecule has 0 heterocycles. The van der Waals surface area contributed by atoms with Gasteiger partial charge in [-0.15, -0.1) is 12.6 Å². The number of rotatable bonds is 3. The van der Waals surface area contributed by atoms with E-state index in [4.69, 9.17) is 10.00 Å². The SMILES string of the molecule is CC(C)(C)OC(=O)/C(C#N)=C(/S)Nc1ccccc1. The quantitative estimate of drug-likeness (QED) is 0.385. The maximum Gasteiger partial charge on any atom is 0.352 e. The first-order chi connectivity index (χ1) is 8.83. The Kier molecular flexibility index (Phi) is 5.02. The predicted molar refractivity (Wildman–Crippen MR) is 77.5 cm³/mol. The van der Waals surface area contributed by atoms with Crippen LogP contribution in [0.15, 0.2) is 40.9 Å². The second kappa shape index (κ2) is 6.30. The standard InChI is InChI=1S/C14H16N2O2S/c1-14(2,3)18-13(17)11(9-15)12(19)16-10-7-5-4-6-8-10/h4-8,16,19H,1-3H3/b12-11+. The van der Waals surface area contributed by atoms with Gasteiger partial charge in [-0.3, -0.25) is 0 Å². The summed E-state index contributed by atoms with van der Waals surface area (Å²) < 4.78 is 5.14. The van der Waals surface area contributed by atoms with Gasteiger partial charge >= 0.3 is 5.97 Å². The third kappa shape index (κ3) is 5.06. The van der Waals surface area contributed by atoms with Crippen LogP contribution < -0.4 is 5.32 Å². The van der Waals surface area contributed by atoms with Crippen LogP contribution in [-0.4, -0.2) is 11.6 Å². The number of benzene rings is 1. The van der Waals surface area contributed by atoms with Gasteiger partial charge in [0.1, 0.15) is 11.7 Å². The fourth-order valence-corrected chi connectivity index (χ4v) is 1.52. The largest absolute Gasteiger partial charge is 0.456 e. The molecule has 0 spiro atoms. The first kappa shape index (κ1) is 15.1. The number of para-hydroxylation sites is 1. The molecular formula is C14H16N2O2S. The smallest absolute Gasteiger partial charge is 0.352 e. The summed E-state index contributed by atoms with van der Waals surface area (Å²) in [5, 5.41) is 12.1. The van der Waals surface area contributed by atoms with Gasteiger partial charge in [-0.05, 0) is 32.9 Å². The second-order valence-electron chi connectivity index (χ2n) is 4.83. The number of ether oxygens (including phenoxy) is 1. The molecule has 0 amide bonds. The molecule has 0 aliphatic heterocycles. The van der Waals surface area contributed by atoms with Crippen LogP contribution in [0.3, 0.4) is 0 Å². The summed E-state index contributed by atoms with van der Waals surface area (Å²) in [4.78, 5) is 11.8. The molecule has 0 bridgehead atoms. The Morgan fingerprint density at radius 3 is 2.37 bits per heavy atom. The van der Waals surface area contributed by atoms with Crippen molar-refractivity contribution < 1.29 is 9.53 Å². The number of carbonyl (C=O) groups excluding carboxylic acids is 1. The summed E-state index contributed by atoms with van der Waals surface area (Å²) in [5.74, 6) is -0.691. The molecule has 1 N–H and O–H groups in total. The van der Waals surface area contributed by atoms with Crippen molar-refractivity contribution in [1.29, 1.82) is 5.26 Å². The third-order valence-electron chi connectivity index (χ3n) is 1.99. The average molecular weight is 276 g/mol. The predicted octanol–water partition coefficient (Wildman–Crippen LogP) is 3.11. The number of hydrogen-bond donors (Lipinski definition) is 2. The van der Waals surface area contributed by atoms with Gasteiger partial charge in [0.05, 0.1) is 5.03 Å². The van der Waals surface area contributed by atoms with Crippen molar-refractivity contribution in [2.75, 3.05) is 5.32 Å². The van der Waals surface area contributed by atoms with E-state index in [1.165, 1.54) is 0 Å². The molecule has 0 fully saturated rings. The van der Waals surface area contributed by atoms with Gasteiger partial charge < -0.3 is 10.1 Å². The summed E-state index contributed by atoms with van der Waals surface area (Å²) in [6, 6.07) is 11.0. The molecule has 0 aromatic heterocycles. The minimum atomic E-state index is -0.691. The van der Waals surface area contributed by atoms with Crippen LogP contribution in [0.2, 0.25) is 0 Å². The number of esters is 1. The van der Waals surface area contributed by atoms with Crippen LogP contribution in [0.25, 0.3) is 0 Å². The van der Waals surface area contributed by atoms with Crippen LogP contribution in [0, 0.1) is 11.3 Å². The van der Waals surface area contributed by atoms with E-state index < -0.39 is 11.6 Å². The van der Waals surface area contributed by atoms with E-state index in [0.29, 0.717) is 0 Å². The van der Waals surface area contributed by atoms with Crippen molar-refractivity contribution in [3.05, 3.63) is 40.9 Å². The maximum atomic E-state index is 11.8. The van der Waals surface area contributed by atoms with Gasteiger partial charge in [-0.25, -0.2) is 4.79 Å². The van der Waals surface area contributed by atoms with Crippen molar-refractivity contribution in [2.45, 2.75) is 26.4 Å². The molecule has 1 aromatic carbocycles. The Balaban J connectivity index is 2.91. The number of carbonyl (C=O) groups is 1. The van der Waals surface area contributed by atoms with Crippen LogP contribution in [0.5, 0.6) is 0 Å². The molecule has 0 radical (unpaired) electrons. The molecule has 5 heteroatoms. The van der Waals surface area contributed by atoms with Gasteiger partial charge in [-0.2, -0.15) is 5.26 Å². The molecule has 0 aliphatic carbocycles. The van der Waals surface area contributed by atoms with Crippen molar-refractivity contribution in [1.82, 2.24) is 0 Å². The number of nitriles is 1. The van der Waals surface area contributed by atoms with E-state index in [0.717, 1.165) is 5.69 Å². The monoisotopic (exact) mass is 276 g/mol. The molecular weight excluding hydrogens is 260 g/mol. The number of hydrogen-bond acceptors (Lipinski definition) is 5. The lowest BCUT2D eigenvalue weighted by Gasteiger charge is -2.19. The van der Waals surface area contributed by atoms with Crippen molar-refractivity contribution >= 4 is 24.3 Å². The Bertz CT molecular complexity index is 525. The second-order valence-corrected chi connectivity index (χ2v) is 5.28. The van der Waals surface area contributed by atoms with Gasteiger partial charge in [0.15, 0.2) is 5.57 Å². The normalized spacial score (nSPS) is 12.2. The number of anilines is 1. The fraction of sp³-hybridized carbons (Fsp3) is 0.286. The molecule has 0 saturated heterocycles. The molecule has 0 aliphatic rings. The molecule has 1 rings (SSSR count). The highest BCUT2D eigenvalue weighted by Gasteiger charge is 2.22. The third-order valence-corrected chi connectivity index (χ3v) is 2.32. The fourth-order valence-electron chi connectivity index (χ4n) is 1.25. The van der Waals surface area contributed by atoms with Crippen LogP contribution in [0.1, 0.15) is 20.8 Å². The minimum Gasteiger partial charge on any atom is -0.456 e. The first-order valence-corrected chi connectivity index (χ1v) is 6.17. The summed E-state index contributed by atoms with van der Waals surface area (Å²) in [5.41, 5.74) is -0.0640. The maximum absolute atomic E-state index is 11.8. The summed E-state index contributed by atoms with van der Waals surface area (Å²) >= 11 is 4.15. The molecule has 19 heavy (non-hydrogen) atoms. The van der Waals surface area contributed by atoms with E-state index >= 15 is 0 Å². The first-order valence-electron chi connectivity index (χ1n) is 5.72. The summed E-state index contributed by atoms with van der Waals surface area (Å²) in [7, 11) is 0.